The number of aromatic nitrogens is 3. The number of fused-ring (bicyclic) bond motifs is 1. The minimum atomic E-state index is 0.463. The molecular formula is C17H18ClN3. The third-order valence-corrected chi connectivity index (χ3v) is 4.03. The molecule has 0 aliphatic heterocycles. The van der Waals surface area contributed by atoms with Crippen LogP contribution in [0.1, 0.15) is 38.1 Å². The number of H-pyrrole nitrogens is 1. The van der Waals surface area contributed by atoms with Gasteiger partial charge in [0.25, 0.3) is 0 Å². The highest BCUT2D eigenvalue weighted by Gasteiger charge is 2.11. The Kier molecular flexibility index (Phi) is 3.68. The topological polar surface area (TPSA) is 41.6 Å². The molecule has 0 aliphatic rings. The Balaban J connectivity index is 2.15. The molecule has 21 heavy (non-hydrogen) atoms. The Bertz CT molecular complexity index is 790. The highest BCUT2D eigenvalue weighted by atomic mass is 35.5. The minimum absolute atomic E-state index is 0.463. The molecule has 108 valence electrons. The number of nitrogens with one attached hydrogen (secondary N) is 1. The first-order chi connectivity index (χ1) is 10.1. The Morgan fingerprint density at radius 2 is 1.95 bits per heavy atom. The first-order valence-corrected chi connectivity index (χ1v) is 7.59. The van der Waals surface area contributed by atoms with E-state index in [2.05, 4.69) is 47.9 Å². The average Bonchev–Trinajstić information content (AvgIpc) is 2.89. The number of rotatable bonds is 3. The molecule has 0 spiro atoms. The molecule has 1 aromatic carbocycles. The number of aromatic amines is 1. The molecule has 0 saturated carbocycles. The quantitative estimate of drug-likeness (QED) is 0.742. The molecule has 4 heteroatoms. The van der Waals surface area contributed by atoms with Crippen molar-refractivity contribution in [1.82, 2.24) is 15.0 Å². The van der Waals surface area contributed by atoms with Crippen molar-refractivity contribution >= 4 is 22.5 Å². The molecule has 2 aromatic heterocycles. The van der Waals surface area contributed by atoms with Crippen LogP contribution in [0.2, 0.25) is 5.02 Å². The third-order valence-electron chi connectivity index (χ3n) is 3.71. The SMILES string of the molecule is CCc1cc(-c2cc3[nH]c(C(C)C)cc3cc2Cl)ncn1. The van der Waals surface area contributed by atoms with Crippen LogP contribution in [0, 0.1) is 0 Å². The van der Waals surface area contributed by atoms with Gasteiger partial charge in [-0.1, -0.05) is 32.4 Å². The van der Waals surface area contributed by atoms with Gasteiger partial charge in [0.15, 0.2) is 0 Å². The summed E-state index contributed by atoms with van der Waals surface area (Å²) in [4.78, 5) is 12.1. The van der Waals surface area contributed by atoms with E-state index < -0.39 is 0 Å². The summed E-state index contributed by atoms with van der Waals surface area (Å²) in [5.41, 5.74) is 5.14. The van der Waals surface area contributed by atoms with E-state index in [1.54, 1.807) is 6.33 Å². The molecule has 0 bridgehead atoms. The second-order valence-corrected chi connectivity index (χ2v) is 5.95. The second-order valence-electron chi connectivity index (χ2n) is 5.55. The molecule has 3 rings (SSSR count). The zero-order valence-electron chi connectivity index (χ0n) is 12.4. The number of aryl methyl sites for hydroxylation is 1. The lowest BCUT2D eigenvalue weighted by atomic mass is 10.1. The van der Waals surface area contributed by atoms with E-state index in [1.165, 1.54) is 5.69 Å². The van der Waals surface area contributed by atoms with Gasteiger partial charge < -0.3 is 4.98 Å². The lowest BCUT2D eigenvalue weighted by Gasteiger charge is -2.05. The Morgan fingerprint density at radius 3 is 2.67 bits per heavy atom. The van der Waals surface area contributed by atoms with Crippen molar-refractivity contribution in [1.29, 1.82) is 0 Å². The number of nitrogens with zero attached hydrogens (tertiary/aromatic N) is 2. The van der Waals surface area contributed by atoms with Gasteiger partial charge in [-0.3, -0.25) is 0 Å². The van der Waals surface area contributed by atoms with Gasteiger partial charge in [-0.2, -0.15) is 0 Å². The van der Waals surface area contributed by atoms with Gasteiger partial charge in [-0.25, -0.2) is 9.97 Å². The van der Waals surface area contributed by atoms with E-state index in [1.807, 2.05) is 12.1 Å². The summed E-state index contributed by atoms with van der Waals surface area (Å²) < 4.78 is 0. The van der Waals surface area contributed by atoms with E-state index in [9.17, 15) is 0 Å². The van der Waals surface area contributed by atoms with Crippen molar-refractivity contribution in [2.75, 3.05) is 0 Å². The number of hydrogen-bond acceptors (Lipinski definition) is 2. The van der Waals surface area contributed by atoms with Crippen LogP contribution in [-0.2, 0) is 6.42 Å². The van der Waals surface area contributed by atoms with Crippen molar-refractivity contribution in [3.8, 4) is 11.3 Å². The first kappa shape index (κ1) is 14.1. The molecule has 3 aromatic rings. The lowest BCUT2D eigenvalue weighted by molar-refractivity contribution is 0.836. The molecule has 0 radical (unpaired) electrons. The highest BCUT2D eigenvalue weighted by molar-refractivity contribution is 6.34. The van der Waals surface area contributed by atoms with Crippen LogP contribution in [0.4, 0.5) is 0 Å². The number of hydrogen-bond donors (Lipinski definition) is 1. The fourth-order valence-electron chi connectivity index (χ4n) is 2.42. The van der Waals surface area contributed by atoms with Crippen molar-refractivity contribution in [3.63, 3.8) is 0 Å². The summed E-state index contributed by atoms with van der Waals surface area (Å²) >= 11 is 6.45. The summed E-state index contributed by atoms with van der Waals surface area (Å²) in [5, 5.41) is 1.86. The largest absolute Gasteiger partial charge is 0.358 e. The summed E-state index contributed by atoms with van der Waals surface area (Å²) in [6.07, 6.45) is 2.48. The summed E-state index contributed by atoms with van der Waals surface area (Å²) in [5.74, 6) is 0.463. The van der Waals surface area contributed by atoms with Crippen LogP contribution in [0.25, 0.3) is 22.2 Å². The number of halogens is 1. The minimum Gasteiger partial charge on any atom is -0.358 e. The predicted molar refractivity (Wildman–Crippen MR) is 87.8 cm³/mol. The zero-order chi connectivity index (χ0) is 15.0. The Labute approximate surface area is 129 Å². The fraction of sp³-hybridized carbons (Fsp3) is 0.294. The predicted octanol–water partition coefficient (Wildman–Crippen LogP) is 4.96. The van der Waals surface area contributed by atoms with E-state index in [4.69, 9.17) is 11.6 Å². The van der Waals surface area contributed by atoms with Crippen molar-refractivity contribution in [3.05, 3.63) is 47.0 Å². The number of benzene rings is 1. The van der Waals surface area contributed by atoms with Gasteiger partial charge in [0.05, 0.1) is 10.7 Å². The molecule has 3 nitrogen and oxygen atoms in total. The fourth-order valence-corrected chi connectivity index (χ4v) is 2.69. The van der Waals surface area contributed by atoms with Gasteiger partial charge >= 0.3 is 0 Å². The Hall–Kier alpha value is -1.87. The summed E-state index contributed by atoms with van der Waals surface area (Å²) in [6.45, 7) is 6.42. The van der Waals surface area contributed by atoms with Crippen molar-refractivity contribution in [2.45, 2.75) is 33.1 Å². The molecule has 0 atom stereocenters. The molecular weight excluding hydrogens is 282 g/mol. The van der Waals surface area contributed by atoms with Gasteiger partial charge in [0.2, 0.25) is 0 Å². The average molecular weight is 300 g/mol. The van der Waals surface area contributed by atoms with Gasteiger partial charge in [-0.15, -0.1) is 0 Å². The maximum absolute atomic E-state index is 6.45. The maximum Gasteiger partial charge on any atom is 0.116 e. The molecule has 0 fully saturated rings. The molecule has 2 heterocycles. The maximum atomic E-state index is 6.45. The van der Waals surface area contributed by atoms with Crippen LogP contribution >= 0.6 is 11.6 Å². The third kappa shape index (κ3) is 2.66. The Morgan fingerprint density at radius 1 is 1.14 bits per heavy atom. The molecule has 0 aliphatic carbocycles. The van der Waals surface area contributed by atoms with Crippen LogP contribution in [0.15, 0.2) is 30.6 Å². The molecule has 1 N–H and O–H groups in total. The standard InChI is InChI=1S/C17H18ClN3/c1-4-12-7-17(20-9-19-12)13-8-16-11(5-14(13)18)6-15(21-16)10(2)3/h5-10,21H,4H2,1-3H3. The van der Waals surface area contributed by atoms with Gasteiger partial charge in [0, 0.05) is 27.9 Å². The van der Waals surface area contributed by atoms with Crippen LogP contribution in [-0.4, -0.2) is 15.0 Å². The summed E-state index contributed by atoms with van der Waals surface area (Å²) in [6, 6.07) is 8.24. The molecule has 0 unspecified atom stereocenters. The smallest absolute Gasteiger partial charge is 0.116 e. The van der Waals surface area contributed by atoms with E-state index in [0.717, 1.165) is 39.3 Å². The van der Waals surface area contributed by atoms with Crippen molar-refractivity contribution < 1.29 is 0 Å². The van der Waals surface area contributed by atoms with Gasteiger partial charge in [-0.05, 0) is 36.6 Å². The van der Waals surface area contributed by atoms with Crippen LogP contribution in [0.3, 0.4) is 0 Å². The first-order valence-electron chi connectivity index (χ1n) is 7.22. The zero-order valence-corrected chi connectivity index (χ0v) is 13.2. The summed E-state index contributed by atoms with van der Waals surface area (Å²) in [7, 11) is 0. The molecule has 0 amide bonds. The molecule has 0 saturated heterocycles. The lowest BCUT2D eigenvalue weighted by Crippen LogP contribution is -1.92. The van der Waals surface area contributed by atoms with E-state index >= 15 is 0 Å². The van der Waals surface area contributed by atoms with Crippen LogP contribution < -0.4 is 0 Å². The van der Waals surface area contributed by atoms with E-state index in [0.29, 0.717) is 5.92 Å². The highest BCUT2D eigenvalue weighted by Crippen LogP contribution is 2.32. The van der Waals surface area contributed by atoms with E-state index in [-0.39, 0.29) is 0 Å². The monoisotopic (exact) mass is 299 g/mol. The normalized spacial score (nSPS) is 11.5. The van der Waals surface area contributed by atoms with Gasteiger partial charge in [0.1, 0.15) is 6.33 Å². The second kappa shape index (κ2) is 5.49. The van der Waals surface area contributed by atoms with Crippen molar-refractivity contribution in [2.24, 2.45) is 0 Å². The van der Waals surface area contributed by atoms with Crippen LogP contribution in [0.5, 0.6) is 0 Å².